The molecule has 0 spiro atoms. The minimum Gasteiger partial charge on any atom is -0.496 e. The molecule has 0 radical (unpaired) electrons. The maximum absolute atomic E-state index is 13.9. The van der Waals surface area contributed by atoms with E-state index >= 15 is 0 Å². The Kier molecular flexibility index (Phi) is 6.89. The van der Waals surface area contributed by atoms with Crippen molar-refractivity contribution >= 4 is 21.6 Å². The Morgan fingerprint density at radius 1 is 1.19 bits per heavy atom. The molecule has 1 N–H and O–H groups in total. The smallest absolute Gasteiger partial charge is 0.216 e. The molecule has 0 aliphatic heterocycles. The Morgan fingerprint density at radius 2 is 1.85 bits per heavy atom. The van der Waals surface area contributed by atoms with Crippen molar-refractivity contribution in [3.63, 3.8) is 0 Å². The van der Waals surface area contributed by atoms with Gasteiger partial charge in [0.25, 0.3) is 0 Å². The first kappa shape index (κ1) is 21.7. The van der Waals surface area contributed by atoms with Gasteiger partial charge in [-0.15, -0.1) is 0 Å². The third-order valence-electron chi connectivity index (χ3n) is 4.46. The molecule has 0 aliphatic rings. The fraction of sp³-hybridized carbons (Fsp3) is 0.400. The number of aryl methyl sites for hydroxylation is 1. The zero-order valence-corrected chi connectivity index (χ0v) is 17.7. The van der Waals surface area contributed by atoms with Crippen LogP contribution in [0.1, 0.15) is 55.0 Å². The van der Waals surface area contributed by atoms with E-state index < -0.39 is 27.6 Å². The summed E-state index contributed by atoms with van der Waals surface area (Å²) in [4.78, 5) is 0. The molecule has 7 heteroatoms. The van der Waals surface area contributed by atoms with Gasteiger partial charge in [-0.25, -0.2) is 17.5 Å². The van der Waals surface area contributed by atoms with Gasteiger partial charge >= 0.3 is 0 Å². The molecule has 0 saturated carbocycles. The van der Waals surface area contributed by atoms with Crippen LogP contribution in [0.3, 0.4) is 0 Å². The van der Waals surface area contributed by atoms with Crippen molar-refractivity contribution in [3.05, 3.63) is 63.4 Å². The highest BCUT2D eigenvalue weighted by molar-refractivity contribution is 7.88. The highest BCUT2D eigenvalue weighted by atomic mass is 35.5. The average molecular weight is 414 g/mol. The Morgan fingerprint density at radius 3 is 2.41 bits per heavy atom. The van der Waals surface area contributed by atoms with E-state index in [4.69, 9.17) is 16.3 Å². The number of rotatable bonds is 7. The molecule has 2 aromatic carbocycles. The fourth-order valence-electron chi connectivity index (χ4n) is 3.05. The van der Waals surface area contributed by atoms with Crippen molar-refractivity contribution in [2.24, 2.45) is 0 Å². The standard InChI is InChI=1S/C20H25ClFNO3S/c1-12(2)15-10-16(13(3)9-20(15)26-5)14(4)23-27(24,25)11-17-18(21)7-6-8-19(17)22/h6-10,12,14,23H,11H2,1-5H3. The maximum atomic E-state index is 13.9. The van der Waals surface area contributed by atoms with Crippen LogP contribution in [0.5, 0.6) is 5.75 Å². The zero-order valence-electron chi connectivity index (χ0n) is 16.1. The second kappa shape index (κ2) is 8.59. The lowest BCUT2D eigenvalue weighted by molar-refractivity contribution is 0.406. The van der Waals surface area contributed by atoms with Gasteiger partial charge in [0.2, 0.25) is 10.0 Å². The lowest BCUT2D eigenvalue weighted by Gasteiger charge is -2.21. The second-order valence-corrected chi connectivity index (χ2v) is 9.07. The van der Waals surface area contributed by atoms with Gasteiger partial charge in [0.1, 0.15) is 11.6 Å². The van der Waals surface area contributed by atoms with E-state index in [1.165, 1.54) is 18.2 Å². The van der Waals surface area contributed by atoms with Gasteiger partial charge in [0.05, 0.1) is 12.9 Å². The summed E-state index contributed by atoms with van der Waals surface area (Å²) in [5.74, 6) is -0.155. The largest absolute Gasteiger partial charge is 0.496 e. The Balaban J connectivity index is 2.30. The molecule has 0 aliphatic carbocycles. The summed E-state index contributed by atoms with van der Waals surface area (Å²) in [6.07, 6.45) is 0. The minimum absolute atomic E-state index is 0.0341. The van der Waals surface area contributed by atoms with E-state index in [0.717, 1.165) is 22.4 Å². The number of halogens is 2. The molecular weight excluding hydrogens is 389 g/mol. The van der Waals surface area contributed by atoms with Crippen LogP contribution in [0.25, 0.3) is 0 Å². The van der Waals surface area contributed by atoms with Gasteiger partial charge in [-0.05, 0) is 60.7 Å². The third kappa shape index (κ3) is 5.21. The van der Waals surface area contributed by atoms with Crippen molar-refractivity contribution in [1.29, 1.82) is 0 Å². The van der Waals surface area contributed by atoms with Gasteiger partial charge < -0.3 is 4.74 Å². The van der Waals surface area contributed by atoms with Crippen LogP contribution < -0.4 is 9.46 Å². The van der Waals surface area contributed by atoms with E-state index in [9.17, 15) is 12.8 Å². The molecule has 4 nitrogen and oxygen atoms in total. The summed E-state index contributed by atoms with van der Waals surface area (Å²) in [6, 6.07) is 7.50. The zero-order chi connectivity index (χ0) is 20.4. The Labute approximate surface area is 165 Å². The lowest BCUT2D eigenvalue weighted by Crippen LogP contribution is -2.29. The number of nitrogens with one attached hydrogen (secondary N) is 1. The van der Waals surface area contributed by atoms with Crippen molar-refractivity contribution in [2.75, 3.05) is 7.11 Å². The van der Waals surface area contributed by atoms with Gasteiger partial charge in [0, 0.05) is 16.6 Å². The van der Waals surface area contributed by atoms with Crippen molar-refractivity contribution in [3.8, 4) is 5.75 Å². The summed E-state index contributed by atoms with van der Waals surface area (Å²) in [6.45, 7) is 7.76. The van der Waals surface area contributed by atoms with Crippen LogP contribution in [0.4, 0.5) is 4.39 Å². The predicted molar refractivity (Wildman–Crippen MR) is 107 cm³/mol. The van der Waals surface area contributed by atoms with Crippen LogP contribution in [0, 0.1) is 12.7 Å². The maximum Gasteiger partial charge on any atom is 0.216 e. The first-order chi connectivity index (χ1) is 12.6. The van der Waals surface area contributed by atoms with Crippen LogP contribution >= 0.6 is 11.6 Å². The summed E-state index contributed by atoms with van der Waals surface area (Å²) in [7, 11) is -2.18. The van der Waals surface area contributed by atoms with Gasteiger partial charge in [0.15, 0.2) is 0 Å². The number of hydrogen-bond donors (Lipinski definition) is 1. The van der Waals surface area contributed by atoms with Gasteiger partial charge in [-0.3, -0.25) is 0 Å². The van der Waals surface area contributed by atoms with Crippen LogP contribution in [0.2, 0.25) is 5.02 Å². The Bertz CT molecular complexity index is 909. The molecule has 0 amide bonds. The quantitative estimate of drug-likeness (QED) is 0.686. The second-order valence-electron chi connectivity index (χ2n) is 6.90. The summed E-state index contributed by atoms with van der Waals surface area (Å²) in [5.41, 5.74) is 2.73. The van der Waals surface area contributed by atoms with Gasteiger partial charge in [-0.2, -0.15) is 0 Å². The molecule has 1 atom stereocenters. The first-order valence-electron chi connectivity index (χ1n) is 8.67. The molecule has 0 bridgehead atoms. The van der Waals surface area contributed by atoms with Gasteiger partial charge in [-0.1, -0.05) is 31.5 Å². The first-order valence-corrected chi connectivity index (χ1v) is 10.7. The fourth-order valence-corrected chi connectivity index (χ4v) is 4.78. The number of methoxy groups -OCH3 is 1. The van der Waals surface area contributed by atoms with E-state index in [-0.39, 0.29) is 16.5 Å². The molecule has 27 heavy (non-hydrogen) atoms. The number of ether oxygens (including phenoxy) is 1. The lowest BCUT2D eigenvalue weighted by atomic mass is 9.94. The van der Waals surface area contributed by atoms with E-state index in [1.54, 1.807) is 14.0 Å². The average Bonchev–Trinajstić information content (AvgIpc) is 2.57. The van der Waals surface area contributed by atoms with E-state index in [2.05, 4.69) is 4.72 Å². The number of benzene rings is 2. The van der Waals surface area contributed by atoms with E-state index in [1.807, 2.05) is 32.9 Å². The van der Waals surface area contributed by atoms with Crippen molar-refractivity contribution in [1.82, 2.24) is 4.72 Å². The Hall–Kier alpha value is -1.63. The molecule has 0 aromatic heterocycles. The predicted octanol–water partition coefficient (Wildman–Crippen LogP) is 5.10. The molecule has 0 heterocycles. The molecule has 2 aromatic rings. The number of sulfonamides is 1. The summed E-state index contributed by atoms with van der Waals surface area (Å²) >= 11 is 5.96. The van der Waals surface area contributed by atoms with Crippen LogP contribution in [-0.4, -0.2) is 15.5 Å². The minimum atomic E-state index is -3.80. The van der Waals surface area contributed by atoms with Crippen molar-refractivity contribution in [2.45, 2.75) is 45.4 Å². The van der Waals surface area contributed by atoms with Crippen LogP contribution in [-0.2, 0) is 15.8 Å². The highest BCUT2D eigenvalue weighted by Gasteiger charge is 2.22. The highest BCUT2D eigenvalue weighted by Crippen LogP contribution is 2.32. The monoisotopic (exact) mass is 413 g/mol. The molecular formula is C20H25ClFNO3S. The molecule has 148 valence electrons. The molecule has 0 saturated heterocycles. The molecule has 0 fully saturated rings. The summed E-state index contributed by atoms with van der Waals surface area (Å²) < 4.78 is 47.2. The van der Waals surface area contributed by atoms with Crippen LogP contribution in [0.15, 0.2) is 30.3 Å². The van der Waals surface area contributed by atoms with Crippen molar-refractivity contribution < 1.29 is 17.5 Å². The summed E-state index contributed by atoms with van der Waals surface area (Å²) in [5, 5.41) is 0.0933. The molecule has 1 unspecified atom stereocenters. The topological polar surface area (TPSA) is 55.4 Å². The third-order valence-corrected chi connectivity index (χ3v) is 6.19. The number of hydrogen-bond acceptors (Lipinski definition) is 3. The SMILES string of the molecule is COc1cc(C)c(C(C)NS(=O)(=O)Cc2c(F)cccc2Cl)cc1C(C)C. The van der Waals surface area contributed by atoms with E-state index in [0.29, 0.717) is 0 Å². The molecule has 2 rings (SSSR count). The normalized spacial score (nSPS) is 13.0.